The quantitative estimate of drug-likeness (QED) is 0.581. The number of fused-ring (bicyclic) bond motifs is 1. The maximum atomic E-state index is 10.7. The Morgan fingerprint density at radius 3 is 2.86 bits per heavy atom. The Bertz CT molecular complexity index is 519. The topological polar surface area (TPSA) is 58.9 Å². The summed E-state index contributed by atoms with van der Waals surface area (Å²) in [5.41, 5.74) is 1.56. The van der Waals surface area contributed by atoms with E-state index in [2.05, 4.69) is 4.98 Å². The molecule has 0 aliphatic carbocycles. The van der Waals surface area contributed by atoms with Crippen LogP contribution in [0.2, 0.25) is 5.02 Å². The van der Waals surface area contributed by atoms with Crippen molar-refractivity contribution in [2.45, 2.75) is 6.92 Å². The summed E-state index contributed by atoms with van der Waals surface area (Å²) >= 11 is 5.89. The number of nitro groups is 1. The number of nitrogens with one attached hydrogen (secondary N) is 1. The summed E-state index contributed by atoms with van der Waals surface area (Å²) in [5.74, 6) is 0. The van der Waals surface area contributed by atoms with Crippen molar-refractivity contribution in [3.63, 3.8) is 0 Å². The number of rotatable bonds is 1. The molecule has 14 heavy (non-hydrogen) atoms. The first-order valence-electron chi connectivity index (χ1n) is 4.02. The van der Waals surface area contributed by atoms with E-state index in [0.29, 0.717) is 15.9 Å². The Kier molecular flexibility index (Phi) is 1.93. The standard InChI is InChI=1S/C9H7ClN2O2/c1-5-4-6-8(12(13)14)3-2-7(10)9(6)11-5/h2-4,11H,1H3. The number of nitrogens with zero attached hydrogens (tertiary/aromatic N) is 1. The van der Waals surface area contributed by atoms with Crippen molar-refractivity contribution in [1.82, 2.24) is 4.98 Å². The number of non-ortho nitro benzene ring substituents is 1. The van der Waals surface area contributed by atoms with Gasteiger partial charge in [0, 0.05) is 11.8 Å². The Morgan fingerprint density at radius 2 is 2.21 bits per heavy atom. The van der Waals surface area contributed by atoms with Crippen molar-refractivity contribution in [2.75, 3.05) is 0 Å². The summed E-state index contributed by atoms with van der Waals surface area (Å²) in [7, 11) is 0. The highest BCUT2D eigenvalue weighted by Gasteiger charge is 2.15. The third-order valence-corrected chi connectivity index (χ3v) is 2.37. The van der Waals surface area contributed by atoms with Crippen molar-refractivity contribution < 1.29 is 4.92 Å². The molecule has 1 N–H and O–H groups in total. The lowest BCUT2D eigenvalue weighted by molar-refractivity contribution is -0.383. The largest absolute Gasteiger partial charge is 0.357 e. The molecule has 2 rings (SSSR count). The Labute approximate surface area is 84.6 Å². The first-order chi connectivity index (χ1) is 6.59. The lowest BCUT2D eigenvalue weighted by atomic mass is 10.2. The molecule has 0 aliphatic rings. The molecular formula is C9H7ClN2O2. The van der Waals surface area contributed by atoms with Gasteiger partial charge >= 0.3 is 0 Å². The number of aromatic amines is 1. The lowest BCUT2D eigenvalue weighted by Gasteiger charge is -1.95. The van der Waals surface area contributed by atoms with E-state index < -0.39 is 4.92 Å². The summed E-state index contributed by atoms with van der Waals surface area (Å²) in [6.07, 6.45) is 0. The highest BCUT2D eigenvalue weighted by molar-refractivity contribution is 6.35. The number of H-pyrrole nitrogens is 1. The molecule has 2 aromatic rings. The van der Waals surface area contributed by atoms with Crippen molar-refractivity contribution >= 4 is 28.2 Å². The van der Waals surface area contributed by atoms with Crippen LogP contribution in [0.4, 0.5) is 5.69 Å². The number of benzene rings is 1. The number of aryl methyl sites for hydroxylation is 1. The van der Waals surface area contributed by atoms with E-state index in [1.807, 2.05) is 6.92 Å². The summed E-state index contributed by atoms with van der Waals surface area (Å²) in [5, 5.41) is 11.7. The molecule has 0 atom stereocenters. The van der Waals surface area contributed by atoms with Gasteiger partial charge in [-0.25, -0.2) is 0 Å². The lowest BCUT2D eigenvalue weighted by Crippen LogP contribution is -1.88. The van der Waals surface area contributed by atoms with Crippen LogP contribution in [0.25, 0.3) is 10.9 Å². The van der Waals surface area contributed by atoms with E-state index in [0.717, 1.165) is 5.69 Å². The molecule has 4 nitrogen and oxygen atoms in total. The predicted octanol–water partition coefficient (Wildman–Crippen LogP) is 3.04. The number of aromatic nitrogens is 1. The third-order valence-electron chi connectivity index (χ3n) is 2.05. The van der Waals surface area contributed by atoms with Crippen molar-refractivity contribution in [2.24, 2.45) is 0 Å². The zero-order valence-electron chi connectivity index (χ0n) is 7.37. The normalized spacial score (nSPS) is 10.7. The monoisotopic (exact) mass is 210 g/mol. The van der Waals surface area contributed by atoms with Crippen molar-refractivity contribution in [3.05, 3.63) is 39.0 Å². The number of hydrogen-bond acceptors (Lipinski definition) is 2. The molecule has 1 aromatic heterocycles. The van der Waals surface area contributed by atoms with E-state index in [1.54, 1.807) is 6.07 Å². The molecule has 5 heteroatoms. The molecule has 0 saturated heterocycles. The molecule has 0 saturated carbocycles. The highest BCUT2D eigenvalue weighted by atomic mass is 35.5. The number of hydrogen-bond donors (Lipinski definition) is 1. The van der Waals surface area contributed by atoms with Crippen LogP contribution in [-0.4, -0.2) is 9.91 Å². The summed E-state index contributed by atoms with van der Waals surface area (Å²) in [6, 6.07) is 4.66. The van der Waals surface area contributed by atoms with Crippen LogP contribution in [0.3, 0.4) is 0 Å². The summed E-state index contributed by atoms with van der Waals surface area (Å²) < 4.78 is 0. The summed E-state index contributed by atoms with van der Waals surface area (Å²) in [4.78, 5) is 13.3. The smallest absolute Gasteiger partial charge is 0.278 e. The van der Waals surface area contributed by atoms with Crippen LogP contribution in [0, 0.1) is 17.0 Å². The second kappa shape index (κ2) is 2.99. The maximum absolute atomic E-state index is 10.7. The van der Waals surface area contributed by atoms with Gasteiger partial charge in [-0.05, 0) is 19.1 Å². The van der Waals surface area contributed by atoms with Crippen LogP contribution in [0.5, 0.6) is 0 Å². The zero-order chi connectivity index (χ0) is 10.3. The minimum absolute atomic E-state index is 0.0775. The average molecular weight is 211 g/mol. The van der Waals surface area contributed by atoms with E-state index in [-0.39, 0.29) is 5.69 Å². The molecule has 0 radical (unpaired) electrons. The van der Waals surface area contributed by atoms with Crippen LogP contribution >= 0.6 is 11.6 Å². The van der Waals surface area contributed by atoms with Gasteiger partial charge in [-0.15, -0.1) is 0 Å². The van der Waals surface area contributed by atoms with E-state index in [9.17, 15) is 10.1 Å². The third kappa shape index (κ3) is 1.24. The fourth-order valence-corrected chi connectivity index (χ4v) is 1.68. The van der Waals surface area contributed by atoms with Gasteiger partial charge in [0.25, 0.3) is 5.69 Å². The van der Waals surface area contributed by atoms with Gasteiger partial charge in [-0.2, -0.15) is 0 Å². The minimum atomic E-state index is -0.411. The van der Waals surface area contributed by atoms with Gasteiger partial charge in [-0.1, -0.05) is 11.6 Å². The molecule has 0 aliphatic heterocycles. The molecule has 1 heterocycles. The summed E-state index contributed by atoms with van der Waals surface area (Å²) in [6.45, 7) is 1.83. The van der Waals surface area contributed by atoms with Gasteiger partial charge in [0.15, 0.2) is 0 Å². The fourth-order valence-electron chi connectivity index (χ4n) is 1.46. The number of nitro benzene ring substituents is 1. The fraction of sp³-hybridized carbons (Fsp3) is 0.111. The number of halogens is 1. The molecule has 72 valence electrons. The zero-order valence-corrected chi connectivity index (χ0v) is 8.13. The molecular weight excluding hydrogens is 204 g/mol. The second-order valence-electron chi connectivity index (χ2n) is 3.06. The van der Waals surface area contributed by atoms with Crippen LogP contribution in [-0.2, 0) is 0 Å². The average Bonchev–Trinajstić information content (AvgIpc) is 2.47. The Hall–Kier alpha value is -1.55. The van der Waals surface area contributed by atoms with Crippen LogP contribution < -0.4 is 0 Å². The Morgan fingerprint density at radius 1 is 1.50 bits per heavy atom. The first-order valence-corrected chi connectivity index (χ1v) is 4.39. The van der Waals surface area contributed by atoms with Gasteiger partial charge in [0.1, 0.15) is 0 Å². The predicted molar refractivity (Wildman–Crippen MR) is 54.7 cm³/mol. The second-order valence-corrected chi connectivity index (χ2v) is 3.47. The van der Waals surface area contributed by atoms with E-state index >= 15 is 0 Å². The Balaban J connectivity index is 2.87. The van der Waals surface area contributed by atoms with Gasteiger partial charge in [0.05, 0.1) is 20.8 Å². The molecule has 0 amide bonds. The van der Waals surface area contributed by atoms with Gasteiger partial charge in [-0.3, -0.25) is 10.1 Å². The van der Waals surface area contributed by atoms with Crippen LogP contribution in [0.15, 0.2) is 18.2 Å². The molecule has 0 fully saturated rings. The highest BCUT2D eigenvalue weighted by Crippen LogP contribution is 2.31. The van der Waals surface area contributed by atoms with Gasteiger partial charge in [0.2, 0.25) is 0 Å². The molecule has 0 bridgehead atoms. The first kappa shape index (κ1) is 9.02. The van der Waals surface area contributed by atoms with Crippen LogP contribution in [0.1, 0.15) is 5.69 Å². The maximum Gasteiger partial charge on any atom is 0.278 e. The van der Waals surface area contributed by atoms with E-state index in [1.165, 1.54) is 12.1 Å². The van der Waals surface area contributed by atoms with Crippen molar-refractivity contribution in [1.29, 1.82) is 0 Å². The van der Waals surface area contributed by atoms with E-state index in [4.69, 9.17) is 11.6 Å². The molecule has 1 aromatic carbocycles. The molecule has 0 unspecified atom stereocenters. The SMILES string of the molecule is Cc1cc2c([N+](=O)[O-])ccc(Cl)c2[nH]1. The van der Waals surface area contributed by atoms with Gasteiger partial charge < -0.3 is 4.98 Å². The van der Waals surface area contributed by atoms with Crippen molar-refractivity contribution in [3.8, 4) is 0 Å². The minimum Gasteiger partial charge on any atom is -0.357 e. The molecule has 0 spiro atoms.